The summed E-state index contributed by atoms with van der Waals surface area (Å²) in [4.78, 5) is 29.9. The Hall–Kier alpha value is -3.74. The van der Waals surface area contributed by atoms with Gasteiger partial charge in [0.1, 0.15) is 10.6 Å². The molecule has 0 saturated carbocycles. The molecule has 1 aromatic heterocycles. The SMILES string of the molecule is Cc1ccc(C2=N/C(=C/c3ccccc3OC(=O)c3sc4ccccc4c3Cl)C(=O)O2)cc1. The summed E-state index contributed by atoms with van der Waals surface area (Å²) in [5.74, 6) is -0.614. The van der Waals surface area contributed by atoms with Gasteiger partial charge in [-0.2, -0.15) is 0 Å². The van der Waals surface area contributed by atoms with E-state index in [2.05, 4.69) is 4.99 Å². The first-order chi connectivity index (χ1) is 16.0. The smallest absolute Gasteiger partial charge is 0.363 e. The number of aryl methyl sites for hydroxylation is 1. The molecule has 0 amide bonds. The van der Waals surface area contributed by atoms with Crippen molar-refractivity contribution < 1.29 is 19.1 Å². The van der Waals surface area contributed by atoms with Gasteiger partial charge in [-0.15, -0.1) is 11.3 Å². The topological polar surface area (TPSA) is 65.0 Å². The number of rotatable bonds is 4. The highest BCUT2D eigenvalue weighted by Gasteiger charge is 2.25. The lowest BCUT2D eigenvalue weighted by molar-refractivity contribution is -0.129. The van der Waals surface area contributed by atoms with Gasteiger partial charge in [-0.3, -0.25) is 0 Å². The van der Waals surface area contributed by atoms with E-state index in [-0.39, 0.29) is 17.3 Å². The lowest BCUT2D eigenvalue weighted by Crippen LogP contribution is -2.08. The van der Waals surface area contributed by atoms with E-state index in [1.807, 2.05) is 55.5 Å². The zero-order valence-corrected chi connectivity index (χ0v) is 18.9. The second kappa shape index (κ2) is 8.65. The number of aliphatic imine (C=N–C) groups is 1. The van der Waals surface area contributed by atoms with Gasteiger partial charge in [-0.05, 0) is 37.3 Å². The van der Waals surface area contributed by atoms with Gasteiger partial charge in [0.05, 0.1) is 5.02 Å². The van der Waals surface area contributed by atoms with Crippen LogP contribution < -0.4 is 4.74 Å². The van der Waals surface area contributed by atoms with Gasteiger partial charge in [0.2, 0.25) is 5.90 Å². The summed E-state index contributed by atoms with van der Waals surface area (Å²) in [6.07, 6.45) is 1.54. The fraction of sp³-hybridized carbons (Fsp3) is 0.0385. The molecule has 0 bridgehead atoms. The fourth-order valence-electron chi connectivity index (χ4n) is 3.36. The number of hydrogen-bond donors (Lipinski definition) is 0. The van der Waals surface area contributed by atoms with Crippen molar-refractivity contribution in [2.75, 3.05) is 0 Å². The van der Waals surface area contributed by atoms with Crippen LogP contribution in [0.1, 0.15) is 26.4 Å². The zero-order valence-electron chi connectivity index (χ0n) is 17.4. The summed E-state index contributed by atoms with van der Waals surface area (Å²) < 4.78 is 11.9. The summed E-state index contributed by atoms with van der Waals surface area (Å²) in [5.41, 5.74) is 2.43. The third-order valence-corrected chi connectivity index (χ3v) is 6.71. The summed E-state index contributed by atoms with van der Waals surface area (Å²) in [6.45, 7) is 1.97. The molecule has 5 rings (SSSR count). The van der Waals surface area contributed by atoms with Crippen molar-refractivity contribution in [3.05, 3.63) is 105 Å². The minimum Gasteiger partial charge on any atom is -0.422 e. The van der Waals surface area contributed by atoms with E-state index in [1.165, 1.54) is 11.3 Å². The molecule has 5 nitrogen and oxygen atoms in total. The Morgan fingerprint density at radius 1 is 1.03 bits per heavy atom. The predicted octanol–water partition coefficient (Wildman–Crippen LogP) is 6.43. The Balaban J connectivity index is 1.44. The molecule has 0 aliphatic carbocycles. The second-order valence-electron chi connectivity index (χ2n) is 7.37. The maximum Gasteiger partial charge on any atom is 0.363 e. The van der Waals surface area contributed by atoms with E-state index in [1.54, 1.807) is 30.3 Å². The molecule has 0 unspecified atom stereocenters. The maximum absolute atomic E-state index is 12.9. The monoisotopic (exact) mass is 473 g/mol. The molecule has 4 aromatic rings. The van der Waals surface area contributed by atoms with Crippen molar-refractivity contribution in [3.63, 3.8) is 0 Å². The number of esters is 2. The molecule has 0 N–H and O–H groups in total. The Morgan fingerprint density at radius 3 is 2.55 bits per heavy atom. The number of carbonyl (C=O) groups excluding carboxylic acids is 2. The van der Waals surface area contributed by atoms with Crippen LogP contribution in [0, 0.1) is 6.92 Å². The number of carbonyl (C=O) groups is 2. The van der Waals surface area contributed by atoms with Crippen LogP contribution in [0.15, 0.2) is 83.5 Å². The Kier molecular flexibility index (Phi) is 5.54. The first-order valence-electron chi connectivity index (χ1n) is 10.1. The lowest BCUT2D eigenvalue weighted by Gasteiger charge is -2.07. The van der Waals surface area contributed by atoms with Crippen molar-refractivity contribution in [1.82, 2.24) is 0 Å². The Morgan fingerprint density at radius 2 is 1.76 bits per heavy atom. The van der Waals surface area contributed by atoms with E-state index in [9.17, 15) is 9.59 Å². The van der Waals surface area contributed by atoms with Gasteiger partial charge in [0.15, 0.2) is 5.70 Å². The van der Waals surface area contributed by atoms with Gasteiger partial charge >= 0.3 is 11.9 Å². The number of thiophene rings is 1. The highest BCUT2D eigenvalue weighted by atomic mass is 35.5. The molecule has 2 heterocycles. The number of fused-ring (bicyclic) bond motifs is 1. The van der Waals surface area contributed by atoms with E-state index in [0.29, 0.717) is 21.0 Å². The molecule has 1 aliphatic heterocycles. The normalized spacial score (nSPS) is 14.4. The van der Waals surface area contributed by atoms with Crippen molar-refractivity contribution in [2.45, 2.75) is 6.92 Å². The first kappa shape index (κ1) is 21.1. The van der Waals surface area contributed by atoms with Gasteiger partial charge < -0.3 is 9.47 Å². The number of nitrogens with zero attached hydrogens (tertiary/aromatic N) is 1. The molecule has 0 fully saturated rings. The fourth-order valence-corrected chi connectivity index (χ4v) is 4.75. The van der Waals surface area contributed by atoms with Crippen LogP contribution in [0.2, 0.25) is 5.02 Å². The molecular weight excluding hydrogens is 458 g/mol. The molecule has 7 heteroatoms. The van der Waals surface area contributed by atoms with Crippen LogP contribution in [0.25, 0.3) is 16.2 Å². The third kappa shape index (κ3) is 4.18. The Bertz CT molecular complexity index is 1470. The van der Waals surface area contributed by atoms with Crippen LogP contribution in [0.3, 0.4) is 0 Å². The van der Waals surface area contributed by atoms with Crippen molar-refractivity contribution in [1.29, 1.82) is 0 Å². The average Bonchev–Trinajstić information content (AvgIpc) is 3.35. The molecule has 1 aliphatic rings. The molecule has 162 valence electrons. The maximum atomic E-state index is 12.9. The van der Waals surface area contributed by atoms with Gasteiger partial charge in [-0.25, -0.2) is 14.6 Å². The van der Waals surface area contributed by atoms with Crippen LogP contribution in [0.4, 0.5) is 0 Å². The van der Waals surface area contributed by atoms with E-state index in [0.717, 1.165) is 15.6 Å². The molecule has 0 radical (unpaired) electrons. The highest BCUT2D eigenvalue weighted by Crippen LogP contribution is 2.36. The van der Waals surface area contributed by atoms with E-state index >= 15 is 0 Å². The number of para-hydroxylation sites is 1. The molecule has 33 heavy (non-hydrogen) atoms. The number of hydrogen-bond acceptors (Lipinski definition) is 6. The molecule has 0 atom stereocenters. The quantitative estimate of drug-likeness (QED) is 0.195. The van der Waals surface area contributed by atoms with Gasteiger partial charge in [0.25, 0.3) is 0 Å². The minimum absolute atomic E-state index is 0.119. The number of ether oxygens (including phenoxy) is 2. The van der Waals surface area contributed by atoms with Crippen molar-refractivity contribution in [2.24, 2.45) is 4.99 Å². The molecular formula is C26H16ClNO4S. The van der Waals surface area contributed by atoms with E-state index in [4.69, 9.17) is 21.1 Å². The number of benzene rings is 3. The summed E-state index contributed by atoms with van der Waals surface area (Å²) in [6, 6.07) is 21.9. The molecule has 0 spiro atoms. The van der Waals surface area contributed by atoms with Crippen LogP contribution in [0.5, 0.6) is 5.75 Å². The summed E-state index contributed by atoms with van der Waals surface area (Å²) in [5, 5.41) is 1.17. The largest absolute Gasteiger partial charge is 0.422 e. The van der Waals surface area contributed by atoms with Crippen molar-refractivity contribution >= 4 is 56.9 Å². The van der Waals surface area contributed by atoms with Gasteiger partial charge in [-0.1, -0.05) is 65.7 Å². The Labute approximate surface area is 198 Å². The predicted molar refractivity (Wildman–Crippen MR) is 130 cm³/mol. The molecule has 0 saturated heterocycles. The van der Waals surface area contributed by atoms with Crippen LogP contribution >= 0.6 is 22.9 Å². The first-order valence-corrected chi connectivity index (χ1v) is 11.3. The van der Waals surface area contributed by atoms with E-state index < -0.39 is 11.9 Å². The number of cyclic esters (lactones) is 1. The second-order valence-corrected chi connectivity index (χ2v) is 8.80. The lowest BCUT2D eigenvalue weighted by atomic mass is 10.1. The third-order valence-electron chi connectivity index (χ3n) is 5.05. The zero-order chi connectivity index (χ0) is 22.9. The van der Waals surface area contributed by atoms with Crippen LogP contribution in [-0.2, 0) is 9.53 Å². The summed E-state index contributed by atoms with van der Waals surface area (Å²) in [7, 11) is 0. The van der Waals surface area contributed by atoms with Crippen LogP contribution in [-0.4, -0.2) is 17.8 Å². The van der Waals surface area contributed by atoms with Gasteiger partial charge in [0, 0.05) is 21.2 Å². The highest BCUT2D eigenvalue weighted by molar-refractivity contribution is 7.21. The molecule has 3 aromatic carbocycles. The number of halogens is 1. The minimum atomic E-state index is -0.570. The average molecular weight is 474 g/mol. The van der Waals surface area contributed by atoms with Crippen molar-refractivity contribution in [3.8, 4) is 5.75 Å². The standard InChI is InChI=1S/C26H16ClNO4S/c1-15-10-12-16(13-11-15)24-28-19(25(29)32-24)14-17-6-2-4-8-20(17)31-26(30)23-22(27)18-7-3-5-9-21(18)33-23/h2-14H,1H3/b19-14+. The summed E-state index contributed by atoms with van der Waals surface area (Å²) >= 11 is 7.69.